The molecule has 12 heavy (non-hydrogen) atoms. The molecular weight excluding hydrogens is 184 g/mol. The molecule has 0 radical (unpaired) electrons. The molecule has 0 bridgehead atoms. The predicted octanol–water partition coefficient (Wildman–Crippen LogP) is 1.12. The number of H-pyrrole nitrogens is 1. The molecule has 0 aliphatic rings. The molecule has 1 amide bonds. The Bertz CT molecular complexity index is 360. The van der Waals surface area contributed by atoms with E-state index in [0.29, 0.717) is 0 Å². The Balaban J connectivity index is 3.06. The zero-order valence-electron chi connectivity index (χ0n) is 5.80. The normalized spacial score (nSPS) is 9.42. The number of aromatic amines is 1. The van der Waals surface area contributed by atoms with Crippen LogP contribution in [0.15, 0.2) is 17.1 Å². The zero-order chi connectivity index (χ0) is 9.14. The number of halogens is 1. The largest absolute Gasteiger partial charge is 0.465 e. The number of nitrogens with one attached hydrogen (secondary N) is 2. The van der Waals surface area contributed by atoms with Gasteiger partial charge in [0.25, 0.3) is 5.56 Å². The lowest BCUT2D eigenvalue weighted by atomic mass is 10.4. The molecule has 0 unspecified atom stereocenters. The number of carboxylic acid groups (broad SMARTS) is 1. The summed E-state index contributed by atoms with van der Waals surface area (Å²) in [7, 11) is 0. The average Bonchev–Trinajstić information content (AvgIpc) is 1.96. The summed E-state index contributed by atoms with van der Waals surface area (Å²) in [6.07, 6.45) is -0.0283. The first-order valence-corrected chi connectivity index (χ1v) is 3.35. The molecule has 0 aliphatic heterocycles. The zero-order valence-corrected chi connectivity index (χ0v) is 6.55. The van der Waals surface area contributed by atoms with Gasteiger partial charge in [0, 0.05) is 6.20 Å². The fourth-order valence-electron chi connectivity index (χ4n) is 0.665. The van der Waals surface area contributed by atoms with Gasteiger partial charge in [-0.3, -0.25) is 10.1 Å². The first kappa shape index (κ1) is 8.61. The SMILES string of the molecule is O=C(O)Nc1cc(Cl)c[nH]c1=O. The van der Waals surface area contributed by atoms with Crippen LogP contribution in [0, 0.1) is 0 Å². The molecule has 1 heterocycles. The molecule has 3 N–H and O–H groups in total. The smallest absolute Gasteiger partial charge is 0.409 e. The van der Waals surface area contributed by atoms with E-state index in [2.05, 4.69) is 4.98 Å². The van der Waals surface area contributed by atoms with E-state index in [1.165, 1.54) is 12.3 Å². The number of hydrogen-bond acceptors (Lipinski definition) is 2. The highest BCUT2D eigenvalue weighted by atomic mass is 35.5. The van der Waals surface area contributed by atoms with Gasteiger partial charge in [0.05, 0.1) is 5.02 Å². The highest BCUT2D eigenvalue weighted by Gasteiger charge is 2.02. The van der Waals surface area contributed by atoms with Gasteiger partial charge in [-0.15, -0.1) is 0 Å². The van der Waals surface area contributed by atoms with Gasteiger partial charge in [-0.25, -0.2) is 4.79 Å². The fourth-order valence-corrected chi connectivity index (χ4v) is 0.829. The van der Waals surface area contributed by atoms with Gasteiger partial charge in [-0.05, 0) is 6.07 Å². The first-order valence-electron chi connectivity index (χ1n) is 2.98. The second-order valence-corrected chi connectivity index (χ2v) is 2.43. The first-order chi connectivity index (χ1) is 5.59. The Morgan fingerprint density at radius 2 is 2.33 bits per heavy atom. The Labute approximate surface area is 72.0 Å². The van der Waals surface area contributed by atoms with Gasteiger partial charge in [0.15, 0.2) is 0 Å². The van der Waals surface area contributed by atoms with Crippen molar-refractivity contribution in [3.63, 3.8) is 0 Å². The Hall–Kier alpha value is -1.49. The van der Waals surface area contributed by atoms with Crippen LogP contribution in [-0.4, -0.2) is 16.2 Å². The Morgan fingerprint density at radius 1 is 1.67 bits per heavy atom. The van der Waals surface area contributed by atoms with E-state index in [1.54, 1.807) is 0 Å². The summed E-state index contributed by atoms with van der Waals surface area (Å²) in [6, 6.07) is 1.23. The summed E-state index contributed by atoms with van der Waals surface area (Å²) < 4.78 is 0. The van der Waals surface area contributed by atoms with Crippen molar-refractivity contribution in [1.29, 1.82) is 0 Å². The molecule has 0 atom stereocenters. The molecule has 6 heteroatoms. The molecule has 1 aromatic heterocycles. The number of pyridine rings is 1. The van der Waals surface area contributed by atoms with Crippen LogP contribution >= 0.6 is 11.6 Å². The number of carbonyl (C=O) groups is 1. The fraction of sp³-hybridized carbons (Fsp3) is 0. The van der Waals surface area contributed by atoms with Crippen molar-refractivity contribution in [2.45, 2.75) is 0 Å². The van der Waals surface area contributed by atoms with Crippen molar-refractivity contribution in [2.75, 3.05) is 5.32 Å². The second-order valence-electron chi connectivity index (χ2n) is 1.99. The summed E-state index contributed by atoms with van der Waals surface area (Å²) in [4.78, 5) is 23.3. The minimum atomic E-state index is -1.30. The highest BCUT2D eigenvalue weighted by molar-refractivity contribution is 6.30. The monoisotopic (exact) mass is 188 g/mol. The van der Waals surface area contributed by atoms with Crippen LogP contribution in [-0.2, 0) is 0 Å². The average molecular weight is 189 g/mol. The van der Waals surface area contributed by atoms with Crippen molar-refractivity contribution in [3.05, 3.63) is 27.6 Å². The molecule has 64 valence electrons. The summed E-state index contributed by atoms with van der Waals surface area (Å²) in [5.41, 5.74) is -0.614. The summed E-state index contributed by atoms with van der Waals surface area (Å²) >= 11 is 5.50. The summed E-state index contributed by atoms with van der Waals surface area (Å²) in [5.74, 6) is 0. The van der Waals surface area contributed by atoms with Crippen LogP contribution in [0.5, 0.6) is 0 Å². The Morgan fingerprint density at radius 3 is 2.92 bits per heavy atom. The molecule has 5 nitrogen and oxygen atoms in total. The topological polar surface area (TPSA) is 82.2 Å². The standard InChI is InChI=1S/C6H5ClN2O3/c7-3-1-4(9-6(11)12)5(10)8-2-3/h1-2,9H,(H,8,10)(H,11,12). The van der Waals surface area contributed by atoms with E-state index in [-0.39, 0.29) is 10.7 Å². The number of aromatic nitrogens is 1. The van der Waals surface area contributed by atoms with E-state index >= 15 is 0 Å². The minimum absolute atomic E-state index is 0.0880. The lowest BCUT2D eigenvalue weighted by molar-refractivity contribution is 0.209. The molecule has 0 saturated carbocycles. The van der Waals surface area contributed by atoms with Gasteiger partial charge < -0.3 is 10.1 Å². The third-order valence-electron chi connectivity index (χ3n) is 1.11. The van der Waals surface area contributed by atoms with E-state index in [4.69, 9.17) is 16.7 Å². The van der Waals surface area contributed by atoms with Crippen LogP contribution in [0.3, 0.4) is 0 Å². The molecule has 0 aliphatic carbocycles. The molecule has 1 aromatic rings. The lowest BCUT2D eigenvalue weighted by Gasteiger charge is -1.98. The molecule has 0 aromatic carbocycles. The molecule has 1 rings (SSSR count). The maximum atomic E-state index is 10.9. The third kappa shape index (κ3) is 2.00. The van der Waals surface area contributed by atoms with Gasteiger partial charge in [-0.2, -0.15) is 0 Å². The van der Waals surface area contributed by atoms with Crippen LogP contribution in [0.2, 0.25) is 5.02 Å². The number of hydrogen-bond donors (Lipinski definition) is 3. The van der Waals surface area contributed by atoms with E-state index < -0.39 is 11.7 Å². The highest BCUT2D eigenvalue weighted by Crippen LogP contribution is 2.08. The maximum absolute atomic E-state index is 10.9. The van der Waals surface area contributed by atoms with Gasteiger partial charge in [0.1, 0.15) is 5.69 Å². The number of amides is 1. The van der Waals surface area contributed by atoms with E-state index in [9.17, 15) is 9.59 Å². The molecule has 0 saturated heterocycles. The Kier molecular flexibility index (Phi) is 2.35. The summed E-state index contributed by atoms with van der Waals surface area (Å²) in [6.45, 7) is 0. The third-order valence-corrected chi connectivity index (χ3v) is 1.33. The number of rotatable bonds is 1. The molecular formula is C6H5ClN2O3. The van der Waals surface area contributed by atoms with Crippen LogP contribution in [0.1, 0.15) is 0 Å². The summed E-state index contributed by atoms with van der Waals surface area (Å²) in [5, 5.41) is 10.4. The second kappa shape index (κ2) is 3.27. The molecule has 0 fully saturated rings. The van der Waals surface area contributed by atoms with Crippen LogP contribution < -0.4 is 10.9 Å². The van der Waals surface area contributed by atoms with Gasteiger partial charge in [0.2, 0.25) is 0 Å². The van der Waals surface area contributed by atoms with Crippen LogP contribution in [0.25, 0.3) is 0 Å². The van der Waals surface area contributed by atoms with Crippen molar-refractivity contribution in [2.24, 2.45) is 0 Å². The van der Waals surface area contributed by atoms with Gasteiger partial charge >= 0.3 is 6.09 Å². The lowest BCUT2D eigenvalue weighted by Crippen LogP contribution is -2.17. The van der Waals surface area contributed by atoms with Crippen molar-refractivity contribution >= 4 is 23.4 Å². The maximum Gasteiger partial charge on any atom is 0.409 e. The van der Waals surface area contributed by atoms with E-state index in [0.717, 1.165) is 0 Å². The minimum Gasteiger partial charge on any atom is -0.465 e. The predicted molar refractivity (Wildman–Crippen MR) is 43.7 cm³/mol. The van der Waals surface area contributed by atoms with E-state index in [1.807, 2.05) is 5.32 Å². The number of anilines is 1. The molecule has 0 spiro atoms. The van der Waals surface area contributed by atoms with Crippen molar-refractivity contribution < 1.29 is 9.90 Å². The van der Waals surface area contributed by atoms with Crippen molar-refractivity contribution in [1.82, 2.24) is 4.98 Å². The van der Waals surface area contributed by atoms with Gasteiger partial charge in [-0.1, -0.05) is 11.6 Å². The quantitative estimate of drug-likeness (QED) is 0.618. The van der Waals surface area contributed by atoms with Crippen LogP contribution in [0.4, 0.5) is 10.5 Å². The van der Waals surface area contributed by atoms with Crippen molar-refractivity contribution in [3.8, 4) is 0 Å².